The van der Waals surface area contributed by atoms with Gasteiger partial charge >= 0.3 is 5.97 Å². The highest BCUT2D eigenvalue weighted by atomic mass is 16.4. The highest BCUT2D eigenvalue weighted by molar-refractivity contribution is 5.79. The van der Waals surface area contributed by atoms with Crippen LogP contribution < -0.4 is 5.32 Å². The second-order valence-electron chi connectivity index (χ2n) is 4.03. The number of nitrogens with one attached hydrogen (secondary N) is 1. The van der Waals surface area contributed by atoms with E-state index in [2.05, 4.69) is 5.32 Å². The first-order valence-corrected chi connectivity index (χ1v) is 5.23. The maximum absolute atomic E-state index is 11.6. The van der Waals surface area contributed by atoms with Gasteiger partial charge in [0.25, 0.3) is 0 Å². The summed E-state index contributed by atoms with van der Waals surface area (Å²) in [6, 6.07) is 0.0284. The molecule has 2 atom stereocenters. The Morgan fingerprint density at radius 1 is 1.53 bits per heavy atom. The van der Waals surface area contributed by atoms with Crippen molar-refractivity contribution in [3.8, 4) is 0 Å². The summed E-state index contributed by atoms with van der Waals surface area (Å²) in [4.78, 5) is 24.1. The van der Waals surface area contributed by atoms with E-state index in [1.165, 1.54) is 0 Å². The molecule has 1 saturated heterocycles. The van der Waals surface area contributed by atoms with Crippen LogP contribution >= 0.6 is 0 Å². The van der Waals surface area contributed by atoms with E-state index in [4.69, 9.17) is 5.11 Å². The molecule has 1 aliphatic heterocycles. The third kappa shape index (κ3) is 2.92. The molecule has 0 radical (unpaired) electrons. The molecule has 86 valence electrons. The maximum atomic E-state index is 11.6. The Morgan fingerprint density at radius 2 is 2.20 bits per heavy atom. The molecule has 0 saturated carbocycles. The molecule has 0 aliphatic carbocycles. The summed E-state index contributed by atoms with van der Waals surface area (Å²) in [5.74, 6) is -0.991. The first-order valence-electron chi connectivity index (χ1n) is 5.23. The summed E-state index contributed by atoms with van der Waals surface area (Å²) in [5, 5.41) is 11.7. The Labute approximate surface area is 89.4 Å². The predicted molar refractivity (Wildman–Crippen MR) is 55.5 cm³/mol. The Morgan fingerprint density at radius 3 is 2.67 bits per heavy atom. The summed E-state index contributed by atoms with van der Waals surface area (Å²) in [6.45, 7) is 2.78. The average molecular weight is 214 g/mol. The Hall–Kier alpha value is -1.10. The van der Waals surface area contributed by atoms with E-state index in [0.717, 1.165) is 0 Å². The largest absolute Gasteiger partial charge is 0.481 e. The molecule has 5 nitrogen and oxygen atoms in total. The Bertz CT molecular complexity index is 255. The summed E-state index contributed by atoms with van der Waals surface area (Å²) in [7, 11) is 1.73. The van der Waals surface area contributed by atoms with E-state index in [1.807, 2.05) is 6.92 Å². The van der Waals surface area contributed by atoms with Gasteiger partial charge in [-0.2, -0.15) is 0 Å². The normalized spacial score (nSPS) is 26.4. The lowest BCUT2D eigenvalue weighted by molar-refractivity contribution is -0.147. The standard InChI is InChI=1S/C10H18N2O3/c1-7-5-8(10(14)15)3-4-12(7)9(13)6-11-2/h7-8,11H,3-6H2,1-2H3,(H,14,15). The molecule has 15 heavy (non-hydrogen) atoms. The van der Waals surface area contributed by atoms with Gasteiger partial charge < -0.3 is 15.3 Å². The molecule has 0 aromatic rings. The molecule has 1 fully saturated rings. The number of hydrogen-bond donors (Lipinski definition) is 2. The average Bonchev–Trinajstić information content (AvgIpc) is 2.17. The minimum Gasteiger partial charge on any atom is -0.481 e. The van der Waals surface area contributed by atoms with Crippen LogP contribution in [0.1, 0.15) is 19.8 Å². The zero-order valence-corrected chi connectivity index (χ0v) is 9.19. The van der Waals surface area contributed by atoms with Gasteiger partial charge in [-0.25, -0.2) is 0 Å². The minimum absolute atomic E-state index is 0.0284. The van der Waals surface area contributed by atoms with Crippen molar-refractivity contribution in [1.29, 1.82) is 0 Å². The molecule has 0 spiro atoms. The van der Waals surface area contributed by atoms with Gasteiger partial charge in [-0.1, -0.05) is 0 Å². The number of carbonyl (C=O) groups is 2. The number of piperidine rings is 1. The molecule has 2 N–H and O–H groups in total. The first kappa shape index (κ1) is 12.0. The van der Waals surface area contributed by atoms with Crippen molar-refractivity contribution in [1.82, 2.24) is 10.2 Å². The number of likely N-dealkylation sites (tertiary alicyclic amines) is 1. The number of amides is 1. The monoisotopic (exact) mass is 214 g/mol. The van der Waals surface area contributed by atoms with Crippen molar-refractivity contribution in [3.05, 3.63) is 0 Å². The number of carbonyl (C=O) groups excluding carboxylic acids is 1. The van der Waals surface area contributed by atoms with E-state index in [1.54, 1.807) is 11.9 Å². The zero-order chi connectivity index (χ0) is 11.4. The second kappa shape index (κ2) is 5.11. The summed E-state index contributed by atoms with van der Waals surface area (Å²) >= 11 is 0. The molecule has 0 aromatic heterocycles. The second-order valence-corrected chi connectivity index (χ2v) is 4.03. The number of rotatable bonds is 3. The fourth-order valence-corrected chi connectivity index (χ4v) is 2.02. The van der Waals surface area contributed by atoms with Crippen LogP contribution in [0.4, 0.5) is 0 Å². The van der Waals surface area contributed by atoms with Crippen LogP contribution in [-0.2, 0) is 9.59 Å². The van der Waals surface area contributed by atoms with Crippen LogP contribution in [0.5, 0.6) is 0 Å². The van der Waals surface area contributed by atoms with Gasteiger partial charge in [0.2, 0.25) is 5.91 Å². The van der Waals surface area contributed by atoms with Crippen LogP contribution in [-0.4, -0.2) is 48.1 Å². The van der Waals surface area contributed by atoms with Gasteiger partial charge in [0, 0.05) is 12.6 Å². The van der Waals surface area contributed by atoms with Crippen LogP contribution in [0, 0.1) is 5.92 Å². The Balaban J connectivity index is 2.52. The molecule has 2 unspecified atom stereocenters. The van der Waals surface area contributed by atoms with E-state index in [9.17, 15) is 9.59 Å². The quantitative estimate of drug-likeness (QED) is 0.689. The van der Waals surface area contributed by atoms with Crippen molar-refractivity contribution < 1.29 is 14.7 Å². The van der Waals surface area contributed by atoms with E-state index >= 15 is 0 Å². The molecule has 0 aromatic carbocycles. The first-order chi connectivity index (χ1) is 7.06. The highest BCUT2D eigenvalue weighted by Crippen LogP contribution is 2.22. The Kier molecular flexibility index (Phi) is 4.08. The number of carboxylic acid groups (broad SMARTS) is 1. The lowest BCUT2D eigenvalue weighted by Gasteiger charge is -2.36. The van der Waals surface area contributed by atoms with Gasteiger partial charge in [-0.05, 0) is 26.8 Å². The van der Waals surface area contributed by atoms with Crippen molar-refractivity contribution in [2.45, 2.75) is 25.8 Å². The fourth-order valence-electron chi connectivity index (χ4n) is 2.02. The van der Waals surface area contributed by atoms with E-state index < -0.39 is 5.97 Å². The van der Waals surface area contributed by atoms with Crippen LogP contribution in [0.15, 0.2) is 0 Å². The maximum Gasteiger partial charge on any atom is 0.306 e. The van der Waals surface area contributed by atoms with Gasteiger partial charge in [0.05, 0.1) is 12.5 Å². The van der Waals surface area contributed by atoms with Gasteiger partial charge in [0.1, 0.15) is 0 Å². The third-order valence-electron chi connectivity index (χ3n) is 2.87. The molecule has 1 rings (SSSR count). The third-order valence-corrected chi connectivity index (χ3v) is 2.87. The summed E-state index contributed by atoms with van der Waals surface area (Å²) < 4.78 is 0. The molecule has 1 aliphatic rings. The van der Waals surface area contributed by atoms with E-state index in [-0.39, 0.29) is 17.9 Å². The van der Waals surface area contributed by atoms with Crippen molar-refractivity contribution in [3.63, 3.8) is 0 Å². The predicted octanol–water partition coefficient (Wildman–Crippen LogP) is -0.0825. The lowest BCUT2D eigenvalue weighted by atomic mass is 9.92. The highest BCUT2D eigenvalue weighted by Gasteiger charge is 2.31. The van der Waals surface area contributed by atoms with Crippen molar-refractivity contribution in [2.75, 3.05) is 20.1 Å². The van der Waals surface area contributed by atoms with Gasteiger partial charge in [-0.3, -0.25) is 9.59 Å². The SMILES string of the molecule is CNCC(=O)N1CCC(C(=O)O)CC1C. The molecular formula is C10H18N2O3. The molecule has 0 bridgehead atoms. The van der Waals surface area contributed by atoms with Crippen LogP contribution in [0.2, 0.25) is 0 Å². The van der Waals surface area contributed by atoms with Crippen molar-refractivity contribution >= 4 is 11.9 Å². The number of nitrogens with zero attached hydrogens (tertiary/aromatic N) is 1. The molecule has 5 heteroatoms. The summed E-state index contributed by atoms with van der Waals surface area (Å²) in [5.41, 5.74) is 0. The topological polar surface area (TPSA) is 69.6 Å². The smallest absolute Gasteiger partial charge is 0.306 e. The van der Waals surface area contributed by atoms with Gasteiger partial charge in [-0.15, -0.1) is 0 Å². The molecular weight excluding hydrogens is 196 g/mol. The van der Waals surface area contributed by atoms with Crippen molar-refractivity contribution in [2.24, 2.45) is 5.92 Å². The van der Waals surface area contributed by atoms with Crippen LogP contribution in [0.3, 0.4) is 0 Å². The number of carboxylic acids is 1. The molecule has 1 amide bonds. The molecule has 1 heterocycles. The zero-order valence-electron chi connectivity index (χ0n) is 9.19. The minimum atomic E-state index is -0.748. The van der Waals surface area contributed by atoms with Gasteiger partial charge in [0.15, 0.2) is 0 Å². The number of hydrogen-bond acceptors (Lipinski definition) is 3. The van der Waals surface area contributed by atoms with Crippen LogP contribution in [0.25, 0.3) is 0 Å². The fraction of sp³-hybridized carbons (Fsp3) is 0.800. The number of likely N-dealkylation sites (N-methyl/N-ethyl adjacent to an activating group) is 1. The van der Waals surface area contributed by atoms with E-state index in [0.29, 0.717) is 25.9 Å². The number of aliphatic carboxylic acids is 1. The lowest BCUT2D eigenvalue weighted by Crippen LogP contribution is -2.48. The summed E-state index contributed by atoms with van der Waals surface area (Å²) in [6.07, 6.45) is 1.12.